The van der Waals surface area contributed by atoms with Gasteiger partial charge in [-0.2, -0.15) is 0 Å². The van der Waals surface area contributed by atoms with Crippen LogP contribution in [0.2, 0.25) is 0 Å². The quantitative estimate of drug-likeness (QED) is 0.863. The monoisotopic (exact) mass is 264 g/mol. The Balaban J connectivity index is 1.94. The van der Waals surface area contributed by atoms with Crippen molar-refractivity contribution in [1.29, 1.82) is 0 Å². The van der Waals surface area contributed by atoms with Gasteiger partial charge in [-0.1, -0.05) is 0 Å². The molecule has 2 N–H and O–H groups in total. The summed E-state index contributed by atoms with van der Waals surface area (Å²) in [6, 6.07) is 7.04. The number of amides is 1. The summed E-state index contributed by atoms with van der Waals surface area (Å²) >= 11 is 0. The van der Waals surface area contributed by atoms with E-state index in [1.807, 2.05) is 38.1 Å². The molecule has 1 aromatic carbocycles. The van der Waals surface area contributed by atoms with E-state index in [4.69, 9.17) is 9.47 Å². The number of hydrogen-bond donors (Lipinski definition) is 2. The average molecular weight is 264 g/mol. The third kappa shape index (κ3) is 3.68. The van der Waals surface area contributed by atoms with Gasteiger partial charge in [-0.25, -0.2) is 0 Å². The van der Waals surface area contributed by atoms with Gasteiger partial charge in [0.1, 0.15) is 11.8 Å². The number of ether oxygens (including phenoxy) is 2. The van der Waals surface area contributed by atoms with Crippen molar-refractivity contribution in [3.63, 3.8) is 0 Å². The van der Waals surface area contributed by atoms with Gasteiger partial charge < -0.3 is 20.1 Å². The van der Waals surface area contributed by atoms with Crippen LogP contribution >= 0.6 is 0 Å². The van der Waals surface area contributed by atoms with Gasteiger partial charge in [0.25, 0.3) is 0 Å². The molecule has 104 valence electrons. The lowest BCUT2D eigenvalue weighted by atomic mass is 10.1. The third-order valence-corrected chi connectivity index (χ3v) is 3.03. The average Bonchev–Trinajstić information content (AvgIpc) is 2.42. The molecular formula is C14H20N2O3. The molecule has 0 aromatic heterocycles. The van der Waals surface area contributed by atoms with E-state index in [1.165, 1.54) is 0 Å². The van der Waals surface area contributed by atoms with E-state index in [-0.39, 0.29) is 18.1 Å². The summed E-state index contributed by atoms with van der Waals surface area (Å²) in [5.41, 5.74) is 0.757. The van der Waals surface area contributed by atoms with Crippen molar-refractivity contribution in [3.05, 3.63) is 24.3 Å². The van der Waals surface area contributed by atoms with Gasteiger partial charge in [-0.15, -0.1) is 0 Å². The molecule has 0 radical (unpaired) electrons. The lowest BCUT2D eigenvalue weighted by Gasteiger charge is -2.29. The summed E-state index contributed by atoms with van der Waals surface area (Å²) in [7, 11) is 0. The lowest BCUT2D eigenvalue weighted by molar-refractivity contribution is -0.123. The van der Waals surface area contributed by atoms with Crippen LogP contribution in [0, 0.1) is 0 Å². The summed E-state index contributed by atoms with van der Waals surface area (Å²) in [6.07, 6.45) is -0.114. The molecule has 1 saturated heterocycles. The van der Waals surface area contributed by atoms with Gasteiger partial charge in [0, 0.05) is 12.2 Å². The Bertz CT molecular complexity index is 419. The largest absolute Gasteiger partial charge is 0.494 e. The highest BCUT2D eigenvalue weighted by molar-refractivity contribution is 5.95. The Hall–Kier alpha value is -1.59. The van der Waals surface area contributed by atoms with E-state index < -0.39 is 0 Å². The van der Waals surface area contributed by atoms with E-state index in [9.17, 15) is 4.79 Å². The van der Waals surface area contributed by atoms with Crippen LogP contribution in [0.15, 0.2) is 24.3 Å². The molecule has 1 amide bonds. The minimum absolute atomic E-state index is 0.0728. The molecule has 1 aliphatic heterocycles. The SMILES string of the molecule is CCOc1ccc(NC(=O)[C@H]2NCCO[C@@H]2C)cc1. The molecule has 1 heterocycles. The van der Waals surface area contributed by atoms with Crippen LogP contribution in [0.25, 0.3) is 0 Å². The van der Waals surface area contributed by atoms with Crippen molar-refractivity contribution in [3.8, 4) is 5.75 Å². The van der Waals surface area contributed by atoms with E-state index >= 15 is 0 Å². The van der Waals surface area contributed by atoms with Crippen LogP contribution in [-0.4, -0.2) is 37.8 Å². The molecule has 19 heavy (non-hydrogen) atoms. The van der Waals surface area contributed by atoms with Crippen molar-refractivity contribution in [1.82, 2.24) is 5.32 Å². The number of rotatable bonds is 4. The highest BCUT2D eigenvalue weighted by Crippen LogP contribution is 2.16. The van der Waals surface area contributed by atoms with Crippen LogP contribution in [0.1, 0.15) is 13.8 Å². The molecule has 1 aliphatic rings. The third-order valence-electron chi connectivity index (χ3n) is 3.03. The molecule has 1 fully saturated rings. The first-order chi connectivity index (χ1) is 9.20. The maximum Gasteiger partial charge on any atom is 0.244 e. The first kappa shape index (κ1) is 13.8. The van der Waals surface area contributed by atoms with E-state index in [0.717, 1.165) is 11.4 Å². The molecule has 0 aliphatic carbocycles. The summed E-state index contributed by atoms with van der Waals surface area (Å²) in [4.78, 5) is 12.1. The number of hydrogen-bond acceptors (Lipinski definition) is 4. The van der Waals surface area contributed by atoms with Crippen LogP contribution in [0.3, 0.4) is 0 Å². The smallest absolute Gasteiger partial charge is 0.244 e. The predicted octanol–water partition coefficient (Wildman–Crippen LogP) is 1.40. The minimum Gasteiger partial charge on any atom is -0.494 e. The normalized spacial score (nSPS) is 22.8. The Kier molecular flexibility index (Phi) is 4.76. The Morgan fingerprint density at radius 1 is 1.47 bits per heavy atom. The van der Waals surface area contributed by atoms with E-state index in [0.29, 0.717) is 19.8 Å². The van der Waals surface area contributed by atoms with Gasteiger partial charge in [0.15, 0.2) is 0 Å². The number of carbonyl (C=O) groups is 1. The highest BCUT2D eigenvalue weighted by atomic mass is 16.5. The molecule has 0 spiro atoms. The number of nitrogens with one attached hydrogen (secondary N) is 2. The minimum atomic E-state index is -0.305. The van der Waals surface area contributed by atoms with Gasteiger partial charge in [0.2, 0.25) is 5.91 Å². The second-order valence-corrected chi connectivity index (χ2v) is 4.45. The van der Waals surface area contributed by atoms with E-state index in [1.54, 1.807) is 0 Å². The molecule has 2 rings (SSSR count). The topological polar surface area (TPSA) is 59.6 Å². The Labute approximate surface area is 113 Å². The fourth-order valence-corrected chi connectivity index (χ4v) is 2.05. The molecule has 5 nitrogen and oxygen atoms in total. The van der Waals surface area contributed by atoms with Gasteiger partial charge in [0.05, 0.1) is 19.3 Å². The molecule has 1 aromatic rings. The van der Waals surface area contributed by atoms with Gasteiger partial charge in [-0.05, 0) is 38.1 Å². The Morgan fingerprint density at radius 3 is 2.84 bits per heavy atom. The summed E-state index contributed by atoms with van der Waals surface area (Å²) < 4.78 is 10.8. The van der Waals surface area contributed by atoms with Crippen molar-refractivity contribution >= 4 is 11.6 Å². The first-order valence-corrected chi connectivity index (χ1v) is 6.59. The summed E-state index contributed by atoms with van der Waals surface area (Å²) in [5.74, 6) is 0.726. The fraction of sp³-hybridized carbons (Fsp3) is 0.500. The zero-order chi connectivity index (χ0) is 13.7. The van der Waals surface area contributed by atoms with Crippen molar-refractivity contribution in [2.24, 2.45) is 0 Å². The second kappa shape index (κ2) is 6.54. The number of carbonyl (C=O) groups excluding carboxylic acids is 1. The molecule has 0 bridgehead atoms. The highest BCUT2D eigenvalue weighted by Gasteiger charge is 2.28. The number of benzene rings is 1. The zero-order valence-electron chi connectivity index (χ0n) is 11.3. The van der Waals surface area contributed by atoms with Gasteiger partial charge in [-0.3, -0.25) is 4.79 Å². The zero-order valence-corrected chi connectivity index (χ0v) is 11.3. The van der Waals surface area contributed by atoms with Crippen LogP contribution in [0.4, 0.5) is 5.69 Å². The summed E-state index contributed by atoms with van der Waals surface area (Å²) in [5, 5.41) is 6.03. The second-order valence-electron chi connectivity index (χ2n) is 4.45. The van der Waals surface area contributed by atoms with Crippen molar-refractivity contribution < 1.29 is 14.3 Å². The van der Waals surface area contributed by atoms with E-state index in [2.05, 4.69) is 10.6 Å². The number of morpholine rings is 1. The maximum atomic E-state index is 12.1. The summed E-state index contributed by atoms with van der Waals surface area (Å²) in [6.45, 7) is 5.81. The molecular weight excluding hydrogens is 244 g/mol. The fourth-order valence-electron chi connectivity index (χ4n) is 2.05. The van der Waals surface area contributed by atoms with Crippen molar-refractivity contribution in [2.45, 2.75) is 26.0 Å². The number of anilines is 1. The standard InChI is InChI=1S/C14H20N2O3/c1-3-18-12-6-4-11(5-7-12)16-14(17)13-10(2)19-9-8-15-13/h4-7,10,13,15H,3,8-9H2,1-2H3,(H,16,17)/t10-,13+/m1/s1. The van der Waals surface area contributed by atoms with Crippen LogP contribution in [-0.2, 0) is 9.53 Å². The van der Waals surface area contributed by atoms with Crippen molar-refractivity contribution in [2.75, 3.05) is 25.1 Å². The molecule has 2 atom stereocenters. The van der Waals surface area contributed by atoms with Crippen LogP contribution < -0.4 is 15.4 Å². The molecule has 0 unspecified atom stereocenters. The maximum absolute atomic E-state index is 12.1. The predicted molar refractivity (Wildman–Crippen MR) is 73.4 cm³/mol. The first-order valence-electron chi connectivity index (χ1n) is 6.59. The van der Waals surface area contributed by atoms with Gasteiger partial charge >= 0.3 is 0 Å². The lowest BCUT2D eigenvalue weighted by Crippen LogP contribution is -2.53. The molecule has 0 saturated carbocycles. The molecule has 5 heteroatoms. The Morgan fingerprint density at radius 2 is 2.21 bits per heavy atom. The van der Waals surface area contributed by atoms with Crippen LogP contribution in [0.5, 0.6) is 5.75 Å².